The van der Waals surface area contributed by atoms with E-state index in [1.807, 2.05) is 31.2 Å². The van der Waals surface area contributed by atoms with Crippen LogP contribution in [-0.2, 0) is 10.5 Å². The molecule has 2 aromatic rings. The highest BCUT2D eigenvalue weighted by molar-refractivity contribution is 7.99. The average molecular weight is 356 g/mol. The Balaban J connectivity index is 2.13. The third-order valence-corrected chi connectivity index (χ3v) is 4.52. The monoisotopic (exact) mass is 356 g/mol. The summed E-state index contributed by atoms with van der Waals surface area (Å²) in [5, 5.41) is 8.74. The maximum atomic E-state index is 12.4. The molecule has 0 aliphatic heterocycles. The van der Waals surface area contributed by atoms with Crippen LogP contribution in [0.15, 0.2) is 48.5 Å². The molecule has 0 saturated carbocycles. The number of aryl methyl sites for hydroxylation is 1. The zero-order valence-electron chi connectivity index (χ0n) is 14.2. The van der Waals surface area contributed by atoms with Gasteiger partial charge in [-0.15, -0.1) is 11.8 Å². The number of thioether (sulfide) groups is 1. The van der Waals surface area contributed by atoms with Gasteiger partial charge in [0, 0.05) is 16.9 Å². The predicted octanol–water partition coefficient (Wildman–Crippen LogP) is 4.22. The lowest BCUT2D eigenvalue weighted by Crippen LogP contribution is -2.01. The third kappa shape index (κ3) is 5.80. The highest BCUT2D eigenvalue weighted by Gasteiger charge is 2.09. The first-order valence-electron chi connectivity index (χ1n) is 7.75. The summed E-state index contributed by atoms with van der Waals surface area (Å²) in [5.41, 5.74) is 3.49. The molecule has 0 amide bonds. The van der Waals surface area contributed by atoms with E-state index in [2.05, 4.69) is 0 Å². The van der Waals surface area contributed by atoms with Crippen molar-refractivity contribution in [3.05, 3.63) is 70.8 Å². The van der Waals surface area contributed by atoms with Crippen LogP contribution in [0.25, 0.3) is 6.08 Å². The predicted molar refractivity (Wildman–Crippen MR) is 101 cm³/mol. The molecule has 0 fully saturated rings. The molecule has 0 aliphatic carbocycles. The van der Waals surface area contributed by atoms with Gasteiger partial charge in [0.15, 0.2) is 5.78 Å². The molecule has 0 radical (unpaired) electrons. The maximum absolute atomic E-state index is 12.4. The van der Waals surface area contributed by atoms with Crippen LogP contribution in [0.2, 0.25) is 0 Å². The molecule has 0 unspecified atom stereocenters. The van der Waals surface area contributed by atoms with Crippen molar-refractivity contribution >= 4 is 29.6 Å². The number of ketones is 1. The molecule has 5 heteroatoms. The second-order valence-electron chi connectivity index (χ2n) is 5.52. The first kappa shape index (κ1) is 18.8. The molecule has 0 bridgehead atoms. The smallest absolute Gasteiger partial charge is 0.313 e. The second-order valence-corrected chi connectivity index (χ2v) is 6.51. The van der Waals surface area contributed by atoms with Crippen molar-refractivity contribution < 1.29 is 19.4 Å². The van der Waals surface area contributed by atoms with Crippen molar-refractivity contribution in [1.82, 2.24) is 0 Å². The van der Waals surface area contributed by atoms with Gasteiger partial charge >= 0.3 is 5.97 Å². The zero-order chi connectivity index (χ0) is 18.2. The number of carboxylic acids is 1. The lowest BCUT2D eigenvalue weighted by Gasteiger charge is -2.09. The summed E-state index contributed by atoms with van der Waals surface area (Å²) < 4.78 is 5.29. The zero-order valence-corrected chi connectivity index (χ0v) is 15.0. The quantitative estimate of drug-likeness (QED) is 0.567. The lowest BCUT2D eigenvalue weighted by molar-refractivity contribution is -0.133. The van der Waals surface area contributed by atoms with Crippen LogP contribution >= 0.6 is 11.8 Å². The number of methoxy groups -OCH3 is 1. The molecule has 0 spiro atoms. The minimum atomic E-state index is -0.864. The van der Waals surface area contributed by atoms with Crippen LogP contribution in [0.1, 0.15) is 27.0 Å². The highest BCUT2D eigenvalue weighted by atomic mass is 32.2. The van der Waals surface area contributed by atoms with Gasteiger partial charge in [-0.1, -0.05) is 35.9 Å². The molecule has 0 aliphatic rings. The van der Waals surface area contributed by atoms with Gasteiger partial charge in [0.2, 0.25) is 0 Å². The van der Waals surface area contributed by atoms with E-state index in [0.29, 0.717) is 17.1 Å². The number of benzene rings is 2. The van der Waals surface area contributed by atoms with Crippen LogP contribution < -0.4 is 4.74 Å². The van der Waals surface area contributed by atoms with E-state index in [4.69, 9.17) is 9.84 Å². The first-order valence-corrected chi connectivity index (χ1v) is 8.90. The number of hydrogen-bond acceptors (Lipinski definition) is 4. The first-order chi connectivity index (χ1) is 12.0. The molecule has 0 saturated heterocycles. The molecule has 130 valence electrons. The van der Waals surface area contributed by atoms with Crippen LogP contribution in [0, 0.1) is 6.92 Å². The number of rotatable bonds is 8. The fourth-order valence-corrected chi connectivity index (χ4v) is 2.96. The molecular formula is C20H20O4S. The van der Waals surface area contributed by atoms with Gasteiger partial charge in [0.1, 0.15) is 5.75 Å². The van der Waals surface area contributed by atoms with Crippen molar-refractivity contribution in [1.29, 1.82) is 0 Å². The van der Waals surface area contributed by atoms with Gasteiger partial charge in [0.25, 0.3) is 0 Å². The summed E-state index contributed by atoms with van der Waals surface area (Å²) in [7, 11) is 1.56. The van der Waals surface area contributed by atoms with E-state index in [-0.39, 0.29) is 11.5 Å². The largest absolute Gasteiger partial charge is 0.496 e. The molecule has 1 N–H and O–H groups in total. The van der Waals surface area contributed by atoms with E-state index < -0.39 is 5.97 Å². The number of carbonyl (C=O) groups is 2. The Morgan fingerprint density at radius 2 is 1.88 bits per heavy atom. The average Bonchev–Trinajstić information content (AvgIpc) is 2.60. The number of ether oxygens (including phenoxy) is 1. The number of carboxylic acid groups (broad SMARTS) is 1. The van der Waals surface area contributed by atoms with Crippen LogP contribution in [-0.4, -0.2) is 29.7 Å². The summed E-state index contributed by atoms with van der Waals surface area (Å²) in [4.78, 5) is 23.0. The van der Waals surface area contributed by atoms with Gasteiger partial charge in [-0.2, -0.15) is 0 Å². The van der Waals surface area contributed by atoms with E-state index in [0.717, 1.165) is 11.1 Å². The van der Waals surface area contributed by atoms with Crippen molar-refractivity contribution in [2.75, 3.05) is 12.9 Å². The fraction of sp³-hybridized carbons (Fsp3) is 0.200. The third-order valence-electron chi connectivity index (χ3n) is 3.55. The Kier molecular flexibility index (Phi) is 6.83. The van der Waals surface area contributed by atoms with Crippen molar-refractivity contribution in [3.63, 3.8) is 0 Å². The summed E-state index contributed by atoms with van der Waals surface area (Å²) in [6.07, 6.45) is 3.32. The van der Waals surface area contributed by atoms with Crippen molar-refractivity contribution in [3.8, 4) is 5.75 Å². The topological polar surface area (TPSA) is 63.6 Å². The summed E-state index contributed by atoms with van der Waals surface area (Å²) in [6, 6.07) is 13.1. The van der Waals surface area contributed by atoms with E-state index in [1.54, 1.807) is 37.5 Å². The molecule has 0 heterocycles. The number of aliphatic carboxylic acids is 1. The Hall–Kier alpha value is -2.53. The van der Waals surface area contributed by atoms with Gasteiger partial charge < -0.3 is 9.84 Å². The number of hydrogen-bond donors (Lipinski definition) is 1. The van der Waals surface area contributed by atoms with Gasteiger partial charge in [-0.25, -0.2) is 0 Å². The Morgan fingerprint density at radius 3 is 2.52 bits per heavy atom. The van der Waals surface area contributed by atoms with Crippen LogP contribution in [0.5, 0.6) is 5.75 Å². The molecule has 25 heavy (non-hydrogen) atoms. The minimum Gasteiger partial charge on any atom is -0.496 e. The normalized spacial score (nSPS) is 10.8. The highest BCUT2D eigenvalue weighted by Crippen LogP contribution is 2.25. The number of allylic oxidation sites excluding steroid dienone is 1. The Bertz CT molecular complexity index is 779. The van der Waals surface area contributed by atoms with E-state index in [9.17, 15) is 9.59 Å². The standard InChI is InChI=1S/C20H20O4S/c1-14-3-5-15(6-4-14)7-9-18(21)16-8-10-19(24-2)17(11-16)12-25-13-20(22)23/h3-11H,12-13H2,1-2H3,(H,22,23). The number of carbonyl (C=O) groups excluding carboxylic acids is 1. The fourth-order valence-electron chi connectivity index (χ4n) is 2.24. The minimum absolute atomic E-state index is 0.00859. The van der Waals surface area contributed by atoms with Crippen molar-refractivity contribution in [2.45, 2.75) is 12.7 Å². The van der Waals surface area contributed by atoms with Crippen molar-refractivity contribution in [2.24, 2.45) is 0 Å². The molecular weight excluding hydrogens is 336 g/mol. The maximum Gasteiger partial charge on any atom is 0.313 e. The van der Waals surface area contributed by atoms with E-state index >= 15 is 0 Å². The summed E-state index contributed by atoms with van der Waals surface area (Å²) in [5.74, 6) is 0.161. The lowest BCUT2D eigenvalue weighted by atomic mass is 10.1. The summed E-state index contributed by atoms with van der Waals surface area (Å²) >= 11 is 1.27. The second kappa shape index (κ2) is 9.08. The van der Waals surface area contributed by atoms with Gasteiger partial charge in [0.05, 0.1) is 12.9 Å². The molecule has 0 aromatic heterocycles. The van der Waals surface area contributed by atoms with Crippen LogP contribution in [0.3, 0.4) is 0 Å². The molecule has 0 atom stereocenters. The van der Waals surface area contributed by atoms with Gasteiger partial charge in [-0.3, -0.25) is 9.59 Å². The molecule has 2 rings (SSSR count). The Morgan fingerprint density at radius 1 is 1.16 bits per heavy atom. The SMILES string of the molecule is COc1ccc(C(=O)C=Cc2ccc(C)cc2)cc1CSCC(=O)O. The van der Waals surface area contributed by atoms with E-state index in [1.165, 1.54) is 17.3 Å². The van der Waals surface area contributed by atoms with Gasteiger partial charge in [-0.05, 0) is 36.8 Å². The molecule has 2 aromatic carbocycles. The summed E-state index contributed by atoms with van der Waals surface area (Å²) in [6.45, 7) is 2.01. The Labute approximate surface area is 151 Å². The van der Waals surface area contributed by atoms with Crippen LogP contribution in [0.4, 0.5) is 0 Å². The molecule has 4 nitrogen and oxygen atoms in total.